The standard InChI is InChI=1S/C17H22ClN3O3S.HI/c1-4-19-17(20-10-12(22)15-7-8-16(18)25-15)21-11-5-6-13(23-2)14(9-11)24-3;/h5-9,12,22H,4,10H2,1-3H3,(H2,19,20,21);1H. The van der Waals surface area contributed by atoms with Crippen molar-refractivity contribution in [2.75, 3.05) is 32.6 Å². The van der Waals surface area contributed by atoms with Gasteiger partial charge in [-0.15, -0.1) is 35.3 Å². The average Bonchev–Trinajstić information content (AvgIpc) is 3.06. The van der Waals surface area contributed by atoms with Gasteiger partial charge in [0.2, 0.25) is 0 Å². The molecule has 2 aromatic rings. The van der Waals surface area contributed by atoms with Gasteiger partial charge in [-0.2, -0.15) is 0 Å². The molecule has 3 N–H and O–H groups in total. The van der Waals surface area contributed by atoms with Gasteiger partial charge in [-0.1, -0.05) is 11.6 Å². The highest BCUT2D eigenvalue weighted by molar-refractivity contribution is 14.0. The second-order valence-electron chi connectivity index (χ2n) is 5.07. The lowest BCUT2D eigenvalue weighted by Crippen LogP contribution is -2.31. The Kier molecular flexibility index (Phi) is 10.1. The lowest BCUT2D eigenvalue weighted by Gasteiger charge is -2.14. The molecule has 0 saturated heterocycles. The average molecular weight is 512 g/mol. The smallest absolute Gasteiger partial charge is 0.195 e. The Bertz CT molecular complexity index is 727. The predicted molar refractivity (Wildman–Crippen MR) is 119 cm³/mol. The van der Waals surface area contributed by atoms with Gasteiger partial charge in [-0.05, 0) is 31.2 Å². The molecule has 144 valence electrons. The number of halogens is 2. The maximum atomic E-state index is 10.2. The van der Waals surface area contributed by atoms with Gasteiger partial charge in [0.25, 0.3) is 0 Å². The highest BCUT2D eigenvalue weighted by atomic mass is 127. The van der Waals surface area contributed by atoms with Gasteiger partial charge >= 0.3 is 0 Å². The zero-order valence-corrected chi connectivity index (χ0v) is 18.7. The van der Waals surface area contributed by atoms with Crippen molar-refractivity contribution in [2.24, 2.45) is 4.99 Å². The van der Waals surface area contributed by atoms with Crippen LogP contribution in [0.2, 0.25) is 4.34 Å². The Morgan fingerprint density at radius 2 is 1.96 bits per heavy atom. The Morgan fingerprint density at radius 1 is 1.23 bits per heavy atom. The molecule has 0 aliphatic heterocycles. The molecule has 2 rings (SSSR count). The summed E-state index contributed by atoms with van der Waals surface area (Å²) in [5.41, 5.74) is 0.797. The number of hydrogen-bond acceptors (Lipinski definition) is 5. The van der Waals surface area contributed by atoms with Gasteiger partial charge < -0.3 is 25.2 Å². The molecule has 1 heterocycles. The fraction of sp³-hybridized carbons (Fsp3) is 0.353. The van der Waals surface area contributed by atoms with Gasteiger partial charge in [0, 0.05) is 23.2 Å². The number of methoxy groups -OCH3 is 2. The van der Waals surface area contributed by atoms with Crippen molar-refractivity contribution < 1.29 is 14.6 Å². The molecule has 1 aromatic heterocycles. The van der Waals surface area contributed by atoms with Gasteiger partial charge in [0.05, 0.1) is 25.1 Å². The van der Waals surface area contributed by atoms with E-state index in [9.17, 15) is 5.11 Å². The first-order chi connectivity index (χ1) is 12.1. The van der Waals surface area contributed by atoms with Crippen molar-refractivity contribution in [3.63, 3.8) is 0 Å². The number of aliphatic hydroxyl groups excluding tert-OH is 1. The molecule has 0 radical (unpaired) electrons. The molecule has 6 nitrogen and oxygen atoms in total. The van der Waals surface area contributed by atoms with E-state index >= 15 is 0 Å². The van der Waals surface area contributed by atoms with Crippen LogP contribution >= 0.6 is 46.9 Å². The van der Waals surface area contributed by atoms with E-state index < -0.39 is 6.10 Å². The van der Waals surface area contributed by atoms with Crippen LogP contribution in [-0.4, -0.2) is 38.4 Å². The van der Waals surface area contributed by atoms with E-state index in [2.05, 4.69) is 15.6 Å². The summed E-state index contributed by atoms with van der Waals surface area (Å²) in [6.07, 6.45) is -0.696. The molecule has 0 aliphatic rings. The molecule has 26 heavy (non-hydrogen) atoms. The number of guanidine groups is 1. The van der Waals surface area contributed by atoms with Gasteiger partial charge in [0.15, 0.2) is 17.5 Å². The molecule has 1 unspecified atom stereocenters. The number of thiophene rings is 1. The van der Waals surface area contributed by atoms with Crippen LogP contribution in [0.15, 0.2) is 35.3 Å². The number of nitrogens with one attached hydrogen (secondary N) is 2. The van der Waals surface area contributed by atoms with Gasteiger partial charge in [-0.25, -0.2) is 4.99 Å². The monoisotopic (exact) mass is 511 g/mol. The van der Waals surface area contributed by atoms with Crippen LogP contribution in [0.3, 0.4) is 0 Å². The lowest BCUT2D eigenvalue weighted by molar-refractivity contribution is 0.191. The summed E-state index contributed by atoms with van der Waals surface area (Å²) in [5.74, 6) is 1.84. The van der Waals surface area contributed by atoms with Crippen LogP contribution in [0.1, 0.15) is 17.9 Å². The molecule has 0 saturated carbocycles. The third-order valence-corrected chi connectivity index (χ3v) is 4.67. The van der Waals surface area contributed by atoms with E-state index in [1.807, 2.05) is 31.2 Å². The largest absolute Gasteiger partial charge is 0.493 e. The fourth-order valence-corrected chi connectivity index (χ4v) is 3.17. The van der Waals surface area contributed by atoms with Crippen LogP contribution in [0.25, 0.3) is 0 Å². The van der Waals surface area contributed by atoms with Crippen molar-refractivity contribution in [3.05, 3.63) is 39.5 Å². The SMILES string of the molecule is CCNC(=NCC(O)c1ccc(Cl)s1)Nc1ccc(OC)c(OC)c1.I. The van der Waals surface area contributed by atoms with E-state index in [0.717, 1.165) is 10.6 Å². The first-order valence-electron chi connectivity index (χ1n) is 7.78. The summed E-state index contributed by atoms with van der Waals surface area (Å²) in [6, 6.07) is 9.07. The molecule has 0 aliphatic carbocycles. The number of anilines is 1. The summed E-state index contributed by atoms with van der Waals surface area (Å²) in [6.45, 7) is 2.89. The minimum Gasteiger partial charge on any atom is -0.493 e. The number of ether oxygens (including phenoxy) is 2. The van der Waals surface area contributed by atoms with Crippen molar-refractivity contribution in [1.29, 1.82) is 0 Å². The molecular weight excluding hydrogens is 489 g/mol. The van der Waals surface area contributed by atoms with Crippen molar-refractivity contribution in [2.45, 2.75) is 13.0 Å². The van der Waals surface area contributed by atoms with Crippen molar-refractivity contribution >= 4 is 58.6 Å². The molecule has 0 bridgehead atoms. The third kappa shape index (κ3) is 6.49. The van der Waals surface area contributed by atoms with Crippen LogP contribution in [0.4, 0.5) is 5.69 Å². The quantitative estimate of drug-likeness (QED) is 0.296. The summed E-state index contributed by atoms with van der Waals surface area (Å²) in [5, 5.41) is 16.5. The Balaban J connectivity index is 0.00000338. The predicted octanol–water partition coefficient (Wildman–Crippen LogP) is 4.15. The summed E-state index contributed by atoms with van der Waals surface area (Å²) >= 11 is 7.25. The second-order valence-corrected chi connectivity index (χ2v) is 6.82. The molecular formula is C17H23ClIN3O3S. The summed E-state index contributed by atoms with van der Waals surface area (Å²) in [7, 11) is 3.18. The zero-order chi connectivity index (χ0) is 18.2. The highest BCUT2D eigenvalue weighted by Gasteiger charge is 2.11. The number of nitrogens with zero attached hydrogens (tertiary/aromatic N) is 1. The van der Waals surface area contributed by atoms with Crippen molar-refractivity contribution in [1.82, 2.24) is 5.32 Å². The first kappa shape index (κ1) is 22.8. The lowest BCUT2D eigenvalue weighted by atomic mass is 10.2. The minimum atomic E-state index is -0.696. The number of hydrogen-bond donors (Lipinski definition) is 3. The van der Waals surface area contributed by atoms with Crippen molar-refractivity contribution in [3.8, 4) is 11.5 Å². The van der Waals surface area contributed by atoms with E-state index in [1.165, 1.54) is 11.3 Å². The van der Waals surface area contributed by atoms with Crippen LogP contribution in [0, 0.1) is 0 Å². The Labute approximate surface area is 179 Å². The number of benzene rings is 1. The Morgan fingerprint density at radius 3 is 2.54 bits per heavy atom. The van der Waals surface area contributed by atoms with E-state index in [1.54, 1.807) is 20.3 Å². The topological polar surface area (TPSA) is 75.1 Å². The summed E-state index contributed by atoms with van der Waals surface area (Å²) < 4.78 is 11.2. The maximum absolute atomic E-state index is 10.2. The normalized spacial score (nSPS) is 12.1. The molecule has 0 amide bonds. The maximum Gasteiger partial charge on any atom is 0.195 e. The van der Waals surface area contributed by atoms with Gasteiger partial charge in [-0.3, -0.25) is 0 Å². The Hall–Kier alpha value is -1.23. The molecule has 0 fully saturated rings. The molecule has 0 spiro atoms. The molecule has 9 heteroatoms. The fourth-order valence-electron chi connectivity index (χ4n) is 2.13. The zero-order valence-electron chi connectivity index (χ0n) is 14.8. The molecule has 1 aromatic carbocycles. The van der Waals surface area contributed by atoms with Crippen LogP contribution in [-0.2, 0) is 0 Å². The number of aliphatic hydroxyl groups is 1. The van der Waals surface area contributed by atoms with Crippen LogP contribution in [0.5, 0.6) is 11.5 Å². The van der Waals surface area contributed by atoms with Gasteiger partial charge in [0.1, 0.15) is 6.10 Å². The minimum absolute atomic E-state index is 0. The second kappa shape index (κ2) is 11.5. The number of aliphatic imine (C=N–C) groups is 1. The van der Waals surface area contributed by atoms with E-state index in [4.69, 9.17) is 21.1 Å². The van der Waals surface area contributed by atoms with E-state index in [-0.39, 0.29) is 30.5 Å². The van der Waals surface area contributed by atoms with E-state index in [0.29, 0.717) is 28.3 Å². The first-order valence-corrected chi connectivity index (χ1v) is 8.97. The van der Waals surface area contributed by atoms with Crippen LogP contribution < -0.4 is 20.1 Å². The third-order valence-electron chi connectivity index (χ3n) is 3.34. The highest BCUT2D eigenvalue weighted by Crippen LogP contribution is 2.30. The molecule has 1 atom stereocenters. The summed E-state index contributed by atoms with van der Waals surface area (Å²) in [4.78, 5) is 5.22. The number of rotatable bonds is 7.